The van der Waals surface area contributed by atoms with Crippen LogP contribution in [0.25, 0.3) is 133 Å². The first-order valence-electron chi connectivity index (χ1n) is 21.8. The summed E-state index contributed by atoms with van der Waals surface area (Å²) in [6.07, 6.45) is 0. The van der Waals surface area contributed by atoms with E-state index in [1.807, 2.05) is 36.4 Å². The average Bonchev–Trinajstić information content (AvgIpc) is 4.00. The number of fused-ring (bicyclic) bond motifs is 12. The summed E-state index contributed by atoms with van der Waals surface area (Å²) < 4.78 is 4.67. The number of aromatic nitrogens is 5. The fraction of sp³-hybridized carbons (Fsp3) is 0. The highest BCUT2D eigenvalue weighted by Crippen LogP contribution is 2.51. The van der Waals surface area contributed by atoms with E-state index in [1.54, 1.807) is 0 Å². The molecule has 0 unspecified atom stereocenters. The van der Waals surface area contributed by atoms with E-state index in [2.05, 4.69) is 185 Å². The number of benzene rings is 10. The van der Waals surface area contributed by atoms with E-state index in [0.29, 0.717) is 17.6 Å². The van der Waals surface area contributed by atoms with Crippen molar-refractivity contribution >= 4 is 65.2 Å². The zero-order valence-electron chi connectivity index (χ0n) is 34.4. The number of nitrogens with zero attached hydrogens (tertiary/aromatic N) is 5. The SMILES string of the molecule is c1ccc(-c2nc(-c3ccccc3)nc(-n3c4ccc(-c5ccc6c(c5)c5c7cccc8c7c(cc5n6-c5ccccc5)-c5ccccc5-8)cc4c4c5ccccc5ccc43)n2)cc1. The predicted octanol–water partition coefficient (Wildman–Crippen LogP) is 15.0. The molecule has 0 N–H and O–H groups in total. The Bertz CT molecular complexity index is 4000. The van der Waals surface area contributed by atoms with Gasteiger partial charge in [0.15, 0.2) is 11.6 Å². The van der Waals surface area contributed by atoms with Crippen molar-refractivity contribution in [3.63, 3.8) is 0 Å². The molecule has 5 nitrogen and oxygen atoms in total. The van der Waals surface area contributed by atoms with E-state index in [0.717, 1.165) is 44.4 Å². The van der Waals surface area contributed by atoms with E-state index in [9.17, 15) is 0 Å². The van der Waals surface area contributed by atoms with Crippen LogP contribution in [0.2, 0.25) is 0 Å². The zero-order chi connectivity index (χ0) is 41.9. The van der Waals surface area contributed by atoms with Gasteiger partial charge in [0.1, 0.15) is 0 Å². The minimum atomic E-state index is 0.580. The Labute approximate surface area is 367 Å². The molecule has 0 saturated heterocycles. The Kier molecular flexibility index (Phi) is 7.33. The zero-order valence-corrected chi connectivity index (χ0v) is 34.4. The van der Waals surface area contributed by atoms with Gasteiger partial charge in [-0.2, -0.15) is 9.97 Å². The lowest BCUT2D eigenvalue weighted by Crippen LogP contribution is -2.06. The van der Waals surface area contributed by atoms with Gasteiger partial charge in [-0.25, -0.2) is 4.98 Å². The molecule has 0 fully saturated rings. The molecule has 14 rings (SSSR count). The van der Waals surface area contributed by atoms with Crippen LogP contribution in [-0.4, -0.2) is 24.1 Å². The lowest BCUT2D eigenvalue weighted by molar-refractivity contribution is 0.953. The topological polar surface area (TPSA) is 48.5 Å². The van der Waals surface area contributed by atoms with Gasteiger partial charge in [-0.15, -0.1) is 0 Å². The molecule has 1 aliphatic rings. The maximum atomic E-state index is 5.22. The largest absolute Gasteiger partial charge is 0.309 e. The molecule has 0 aliphatic heterocycles. The molecule has 0 spiro atoms. The van der Waals surface area contributed by atoms with Crippen LogP contribution in [0.4, 0.5) is 0 Å². The van der Waals surface area contributed by atoms with E-state index < -0.39 is 0 Å². The van der Waals surface area contributed by atoms with E-state index >= 15 is 0 Å². The maximum Gasteiger partial charge on any atom is 0.238 e. The third-order valence-corrected chi connectivity index (χ3v) is 13.3. The predicted molar refractivity (Wildman–Crippen MR) is 264 cm³/mol. The molecule has 64 heavy (non-hydrogen) atoms. The van der Waals surface area contributed by atoms with Crippen LogP contribution >= 0.6 is 0 Å². The van der Waals surface area contributed by atoms with Crippen molar-refractivity contribution in [3.05, 3.63) is 212 Å². The van der Waals surface area contributed by atoms with Gasteiger partial charge < -0.3 is 4.57 Å². The molecule has 5 heteroatoms. The minimum Gasteiger partial charge on any atom is -0.309 e. The number of rotatable bonds is 5. The number of hydrogen-bond donors (Lipinski definition) is 0. The van der Waals surface area contributed by atoms with E-state index in [-0.39, 0.29) is 0 Å². The quantitative estimate of drug-likeness (QED) is 0.174. The lowest BCUT2D eigenvalue weighted by atomic mass is 9.96. The third kappa shape index (κ3) is 5.03. The van der Waals surface area contributed by atoms with Gasteiger partial charge in [0.05, 0.1) is 22.1 Å². The molecule has 13 aromatic rings. The molecule has 0 amide bonds. The lowest BCUT2D eigenvalue weighted by Gasteiger charge is -2.11. The smallest absolute Gasteiger partial charge is 0.238 e. The van der Waals surface area contributed by atoms with Crippen molar-refractivity contribution in [1.29, 1.82) is 0 Å². The molecule has 3 heterocycles. The van der Waals surface area contributed by atoms with Gasteiger partial charge in [-0.3, -0.25) is 4.57 Å². The normalized spacial score (nSPS) is 12.1. The van der Waals surface area contributed by atoms with Crippen LogP contribution in [0.1, 0.15) is 0 Å². The minimum absolute atomic E-state index is 0.580. The fourth-order valence-corrected chi connectivity index (χ4v) is 10.5. The first-order valence-corrected chi connectivity index (χ1v) is 21.8. The number of para-hydroxylation sites is 1. The molecule has 10 aromatic carbocycles. The fourth-order valence-electron chi connectivity index (χ4n) is 10.5. The first-order chi connectivity index (χ1) is 31.7. The second-order valence-corrected chi connectivity index (χ2v) is 16.8. The Hall–Kier alpha value is -8.67. The van der Waals surface area contributed by atoms with Gasteiger partial charge in [0, 0.05) is 38.4 Å². The summed E-state index contributed by atoms with van der Waals surface area (Å²) in [6, 6.07) is 76.2. The van der Waals surface area contributed by atoms with Crippen molar-refractivity contribution in [2.24, 2.45) is 0 Å². The molecule has 3 aromatic heterocycles. The standard InChI is InChI=1S/C59H35N5/c1-4-16-37(17-5-1)57-60-58(38-18-6-2-7-19-38)62-59(61-57)64-51-31-29-40(34-49(51)55-42-22-11-10-15-36(42)27-32-52(55)64)39-28-30-50-48(33-39)56-46-26-14-25-45-43-23-12-13-24-44(43)47(54(45)46)35-53(56)63(50)41-20-8-3-9-21-41/h1-35H. The molecule has 296 valence electrons. The summed E-state index contributed by atoms with van der Waals surface area (Å²) in [7, 11) is 0. The highest BCUT2D eigenvalue weighted by Gasteiger charge is 2.26. The number of hydrogen-bond acceptors (Lipinski definition) is 3. The van der Waals surface area contributed by atoms with Crippen molar-refractivity contribution in [2.75, 3.05) is 0 Å². The summed E-state index contributed by atoms with van der Waals surface area (Å²) in [5.74, 6) is 1.84. The van der Waals surface area contributed by atoms with Gasteiger partial charge in [-0.05, 0) is 103 Å². The molecule has 1 aliphatic carbocycles. The average molecular weight is 814 g/mol. The van der Waals surface area contributed by atoms with E-state index in [4.69, 9.17) is 15.0 Å². The molecule has 0 bridgehead atoms. The summed E-state index contributed by atoms with van der Waals surface area (Å²) in [6.45, 7) is 0. The van der Waals surface area contributed by atoms with Crippen molar-refractivity contribution in [2.45, 2.75) is 0 Å². The van der Waals surface area contributed by atoms with Gasteiger partial charge in [-0.1, -0.05) is 164 Å². The van der Waals surface area contributed by atoms with Crippen LogP contribution in [0.5, 0.6) is 0 Å². The van der Waals surface area contributed by atoms with Crippen molar-refractivity contribution < 1.29 is 0 Å². The Morgan fingerprint density at radius 3 is 1.50 bits per heavy atom. The summed E-state index contributed by atoms with van der Waals surface area (Å²) >= 11 is 0. The Morgan fingerprint density at radius 1 is 0.281 bits per heavy atom. The second kappa shape index (κ2) is 13.4. The van der Waals surface area contributed by atoms with Crippen LogP contribution in [0.15, 0.2) is 212 Å². The summed E-state index contributed by atoms with van der Waals surface area (Å²) in [4.78, 5) is 15.5. The second-order valence-electron chi connectivity index (χ2n) is 16.8. The van der Waals surface area contributed by atoms with Crippen LogP contribution in [0, 0.1) is 0 Å². The Morgan fingerprint density at radius 2 is 0.812 bits per heavy atom. The molecular weight excluding hydrogens is 779 g/mol. The molecule has 0 radical (unpaired) electrons. The monoisotopic (exact) mass is 813 g/mol. The summed E-state index contributed by atoms with van der Waals surface area (Å²) in [5.41, 5.74) is 15.0. The molecule has 0 atom stereocenters. The summed E-state index contributed by atoms with van der Waals surface area (Å²) in [5, 5.41) is 9.81. The molecular formula is C59H35N5. The first kappa shape index (κ1) is 35.0. The van der Waals surface area contributed by atoms with Crippen molar-refractivity contribution in [3.8, 4) is 67.8 Å². The third-order valence-electron chi connectivity index (χ3n) is 13.3. The maximum absolute atomic E-state index is 5.22. The van der Waals surface area contributed by atoms with Crippen LogP contribution in [-0.2, 0) is 0 Å². The highest BCUT2D eigenvalue weighted by molar-refractivity contribution is 6.30. The highest BCUT2D eigenvalue weighted by atomic mass is 15.2. The van der Waals surface area contributed by atoms with Crippen LogP contribution < -0.4 is 0 Å². The van der Waals surface area contributed by atoms with Gasteiger partial charge in [0.25, 0.3) is 0 Å². The van der Waals surface area contributed by atoms with Crippen molar-refractivity contribution in [1.82, 2.24) is 24.1 Å². The van der Waals surface area contributed by atoms with E-state index in [1.165, 1.54) is 71.0 Å². The molecule has 0 saturated carbocycles. The van der Waals surface area contributed by atoms with Crippen LogP contribution in [0.3, 0.4) is 0 Å². The Balaban J connectivity index is 1.03. The van der Waals surface area contributed by atoms with Gasteiger partial charge in [0.2, 0.25) is 5.95 Å². The van der Waals surface area contributed by atoms with Gasteiger partial charge >= 0.3 is 0 Å².